The number of hydrogen-bond donors (Lipinski definition) is 2. The maximum Gasteiger partial charge on any atom is 0.408 e. The second-order valence-electron chi connectivity index (χ2n) is 6.37. The molecule has 1 saturated carbocycles. The molecule has 3 amide bonds. The molecule has 0 aromatic carbocycles. The fourth-order valence-electron chi connectivity index (χ4n) is 2.62. The first kappa shape index (κ1) is 14.6. The number of nitrogens with zero attached hydrogens (tertiary/aromatic N) is 1. The molecule has 2 aliphatic rings. The van der Waals surface area contributed by atoms with Crippen molar-refractivity contribution in [3.63, 3.8) is 0 Å². The van der Waals surface area contributed by atoms with E-state index in [0.717, 1.165) is 6.42 Å². The second kappa shape index (κ2) is 4.96. The summed E-state index contributed by atoms with van der Waals surface area (Å²) in [5.74, 6) is -0.384. The van der Waals surface area contributed by atoms with Crippen LogP contribution in [0.5, 0.6) is 0 Å². The van der Waals surface area contributed by atoms with Crippen LogP contribution in [0.2, 0.25) is 0 Å². The molecule has 2 rings (SSSR count). The molecule has 0 radical (unpaired) electrons. The van der Waals surface area contributed by atoms with Gasteiger partial charge in [0.25, 0.3) is 0 Å². The van der Waals surface area contributed by atoms with Crippen molar-refractivity contribution in [2.75, 3.05) is 6.54 Å². The lowest BCUT2D eigenvalue weighted by Gasteiger charge is -2.26. The number of nitrogens with two attached hydrogens (primary N) is 1. The summed E-state index contributed by atoms with van der Waals surface area (Å²) >= 11 is 0. The van der Waals surface area contributed by atoms with E-state index in [-0.39, 0.29) is 18.5 Å². The molecular formula is C13H21N3O4. The van der Waals surface area contributed by atoms with Crippen molar-refractivity contribution < 1.29 is 19.1 Å². The molecule has 20 heavy (non-hydrogen) atoms. The van der Waals surface area contributed by atoms with Gasteiger partial charge < -0.3 is 20.7 Å². The Hall–Kier alpha value is -1.79. The topological polar surface area (TPSA) is 102 Å². The summed E-state index contributed by atoms with van der Waals surface area (Å²) in [7, 11) is 0. The molecule has 7 heteroatoms. The first-order chi connectivity index (χ1) is 9.19. The minimum absolute atomic E-state index is 0.112. The SMILES string of the molecule is CC(C)(C)OC(=O)NCC(=O)N1[C@H](C(N)=O)C[C@@H]2C[C@@H]21. The van der Waals surface area contributed by atoms with Crippen LogP contribution in [0.25, 0.3) is 0 Å². The molecule has 0 unspecified atom stereocenters. The summed E-state index contributed by atoms with van der Waals surface area (Å²) in [6.45, 7) is 5.05. The van der Waals surface area contributed by atoms with Gasteiger partial charge in [0, 0.05) is 6.04 Å². The number of ether oxygens (including phenoxy) is 1. The monoisotopic (exact) mass is 283 g/mol. The number of carbonyl (C=O) groups is 3. The maximum atomic E-state index is 12.1. The molecule has 0 aromatic rings. The predicted molar refractivity (Wildman–Crippen MR) is 70.6 cm³/mol. The molecule has 1 heterocycles. The number of likely N-dealkylation sites (tertiary alicyclic amines) is 1. The summed E-state index contributed by atoms with van der Waals surface area (Å²) in [5, 5.41) is 2.41. The Morgan fingerprint density at radius 3 is 2.50 bits per heavy atom. The Morgan fingerprint density at radius 1 is 1.30 bits per heavy atom. The number of nitrogens with one attached hydrogen (secondary N) is 1. The molecule has 1 aliphatic heterocycles. The van der Waals surface area contributed by atoms with Crippen LogP contribution in [0.15, 0.2) is 0 Å². The molecule has 3 atom stereocenters. The lowest BCUT2D eigenvalue weighted by atomic mass is 10.1. The zero-order valence-electron chi connectivity index (χ0n) is 12.0. The van der Waals surface area contributed by atoms with Gasteiger partial charge in [-0.3, -0.25) is 9.59 Å². The third-order valence-electron chi connectivity index (χ3n) is 3.50. The molecule has 0 spiro atoms. The van der Waals surface area contributed by atoms with Crippen molar-refractivity contribution in [1.29, 1.82) is 0 Å². The highest BCUT2D eigenvalue weighted by Gasteiger charge is 2.55. The smallest absolute Gasteiger partial charge is 0.408 e. The van der Waals surface area contributed by atoms with E-state index < -0.39 is 23.6 Å². The highest BCUT2D eigenvalue weighted by molar-refractivity contribution is 5.90. The van der Waals surface area contributed by atoms with Crippen molar-refractivity contribution in [2.45, 2.75) is 51.3 Å². The number of primary amides is 1. The Morgan fingerprint density at radius 2 is 1.95 bits per heavy atom. The predicted octanol–water partition coefficient (Wildman–Crippen LogP) is -0.0142. The van der Waals surface area contributed by atoms with Crippen LogP contribution in [-0.2, 0) is 14.3 Å². The van der Waals surface area contributed by atoms with Gasteiger partial charge in [-0.25, -0.2) is 4.79 Å². The van der Waals surface area contributed by atoms with Gasteiger partial charge in [-0.05, 0) is 39.5 Å². The van der Waals surface area contributed by atoms with E-state index in [0.29, 0.717) is 12.3 Å². The summed E-state index contributed by atoms with van der Waals surface area (Å²) in [4.78, 5) is 36.4. The molecular weight excluding hydrogens is 262 g/mol. The number of piperidine rings is 1. The number of amides is 3. The minimum Gasteiger partial charge on any atom is -0.444 e. The summed E-state index contributed by atoms with van der Waals surface area (Å²) < 4.78 is 5.05. The number of rotatable bonds is 3. The van der Waals surface area contributed by atoms with Gasteiger partial charge in [-0.1, -0.05) is 0 Å². The third kappa shape index (κ3) is 3.20. The normalized spacial score (nSPS) is 27.8. The second-order valence-corrected chi connectivity index (χ2v) is 6.37. The number of alkyl carbamates (subject to hydrolysis) is 1. The number of hydrogen-bond acceptors (Lipinski definition) is 4. The van der Waals surface area contributed by atoms with E-state index >= 15 is 0 Å². The fraction of sp³-hybridized carbons (Fsp3) is 0.769. The van der Waals surface area contributed by atoms with Gasteiger partial charge in [-0.15, -0.1) is 0 Å². The fourth-order valence-corrected chi connectivity index (χ4v) is 2.62. The van der Waals surface area contributed by atoms with Gasteiger partial charge in [0.05, 0.1) is 0 Å². The van der Waals surface area contributed by atoms with Crippen molar-refractivity contribution in [2.24, 2.45) is 11.7 Å². The van der Waals surface area contributed by atoms with E-state index in [1.54, 1.807) is 20.8 Å². The average molecular weight is 283 g/mol. The Bertz CT molecular complexity index is 443. The van der Waals surface area contributed by atoms with Crippen molar-refractivity contribution in [3.05, 3.63) is 0 Å². The van der Waals surface area contributed by atoms with E-state index in [1.165, 1.54) is 4.90 Å². The van der Waals surface area contributed by atoms with Crippen LogP contribution >= 0.6 is 0 Å². The standard InChI is InChI=1S/C13H21N3O4/c1-13(2,3)20-12(19)15-6-10(17)16-8-4-7(8)5-9(16)11(14)18/h7-9H,4-6H2,1-3H3,(H2,14,18)(H,15,19)/t7-,8-,9-/m0/s1. The maximum absolute atomic E-state index is 12.1. The van der Waals surface area contributed by atoms with Gasteiger partial charge in [0.1, 0.15) is 18.2 Å². The molecule has 2 fully saturated rings. The summed E-state index contributed by atoms with van der Waals surface area (Å²) in [6, 6.07) is -0.424. The van der Waals surface area contributed by atoms with Gasteiger partial charge in [0.15, 0.2) is 0 Å². The van der Waals surface area contributed by atoms with Gasteiger partial charge in [0.2, 0.25) is 11.8 Å². The van der Waals surface area contributed by atoms with E-state index in [4.69, 9.17) is 10.5 Å². The quantitative estimate of drug-likeness (QED) is 0.760. The van der Waals surface area contributed by atoms with Crippen LogP contribution in [0, 0.1) is 5.92 Å². The average Bonchev–Trinajstić information content (AvgIpc) is 2.95. The summed E-state index contributed by atoms with van der Waals surface area (Å²) in [5.41, 5.74) is 4.69. The van der Waals surface area contributed by atoms with Crippen LogP contribution < -0.4 is 11.1 Å². The lowest BCUT2D eigenvalue weighted by Crippen LogP contribution is -2.49. The largest absolute Gasteiger partial charge is 0.444 e. The van der Waals surface area contributed by atoms with Crippen LogP contribution in [0.4, 0.5) is 4.79 Å². The van der Waals surface area contributed by atoms with E-state index in [2.05, 4.69) is 5.32 Å². The molecule has 3 N–H and O–H groups in total. The highest BCUT2D eigenvalue weighted by Crippen LogP contribution is 2.47. The molecule has 112 valence electrons. The minimum atomic E-state index is -0.645. The van der Waals surface area contributed by atoms with Crippen LogP contribution in [0.3, 0.4) is 0 Å². The Kier molecular flexibility index (Phi) is 3.62. The van der Waals surface area contributed by atoms with Gasteiger partial charge >= 0.3 is 6.09 Å². The number of carbonyl (C=O) groups excluding carboxylic acids is 3. The Balaban J connectivity index is 1.86. The third-order valence-corrected chi connectivity index (χ3v) is 3.50. The first-order valence-electron chi connectivity index (χ1n) is 6.76. The van der Waals surface area contributed by atoms with Crippen LogP contribution in [-0.4, -0.2) is 47.0 Å². The van der Waals surface area contributed by atoms with Crippen molar-refractivity contribution in [1.82, 2.24) is 10.2 Å². The number of fused-ring (bicyclic) bond motifs is 1. The molecule has 0 aromatic heterocycles. The van der Waals surface area contributed by atoms with Crippen molar-refractivity contribution >= 4 is 17.9 Å². The van der Waals surface area contributed by atoms with Gasteiger partial charge in [-0.2, -0.15) is 0 Å². The molecule has 7 nitrogen and oxygen atoms in total. The lowest BCUT2D eigenvalue weighted by molar-refractivity contribution is -0.137. The molecule has 0 bridgehead atoms. The first-order valence-corrected chi connectivity index (χ1v) is 6.76. The van der Waals surface area contributed by atoms with Crippen molar-refractivity contribution in [3.8, 4) is 0 Å². The highest BCUT2D eigenvalue weighted by atomic mass is 16.6. The van der Waals surface area contributed by atoms with E-state index in [1.807, 2.05) is 0 Å². The molecule has 1 aliphatic carbocycles. The molecule has 1 saturated heterocycles. The Labute approximate surface area is 117 Å². The zero-order chi connectivity index (χ0) is 15.1. The summed E-state index contributed by atoms with van der Waals surface area (Å²) in [6.07, 6.45) is 0.910. The van der Waals surface area contributed by atoms with Crippen LogP contribution in [0.1, 0.15) is 33.6 Å². The van der Waals surface area contributed by atoms with E-state index in [9.17, 15) is 14.4 Å². The zero-order valence-corrected chi connectivity index (χ0v) is 12.0.